The summed E-state index contributed by atoms with van der Waals surface area (Å²) in [7, 11) is 3.44. The number of nitrogens with two attached hydrogens (primary N) is 1. The smallest absolute Gasteiger partial charge is 0.284 e. The van der Waals surface area contributed by atoms with Crippen molar-refractivity contribution in [2.24, 2.45) is 14.1 Å². The number of nitrogens with zero attached hydrogens (tertiary/aromatic N) is 7. The first kappa shape index (κ1) is 31.9. The van der Waals surface area contributed by atoms with Crippen LogP contribution in [0.2, 0.25) is 0 Å². The van der Waals surface area contributed by atoms with Crippen LogP contribution < -0.4 is 21.3 Å². The fraction of sp³-hybridized carbons (Fsp3) is 0.0526. The van der Waals surface area contributed by atoms with Crippen molar-refractivity contribution in [3.8, 4) is 51.3 Å². The van der Waals surface area contributed by atoms with E-state index >= 15 is 0 Å². The number of fused-ring (bicyclic) bond motifs is 1. The number of aromatic nitrogens is 7. The molecule has 3 aromatic carbocycles. The molecule has 0 unspecified atom stereocenters. The fourth-order valence-corrected chi connectivity index (χ4v) is 5.88. The Hall–Kier alpha value is -7.35. The van der Waals surface area contributed by atoms with Gasteiger partial charge in [-0.3, -0.25) is 23.9 Å². The summed E-state index contributed by atoms with van der Waals surface area (Å²) in [6.07, 6.45) is 6.59. The minimum absolute atomic E-state index is 0.0870. The molecule has 0 aliphatic carbocycles. The number of pyridine rings is 1. The number of amides is 1. The van der Waals surface area contributed by atoms with E-state index in [1.54, 1.807) is 66.6 Å². The lowest BCUT2D eigenvalue weighted by Crippen LogP contribution is -2.25. The van der Waals surface area contributed by atoms with E-state index in [1.165, 1.54) is 39.8 Å². The normalized spacial score (nSPS) is 11.2. The Labute approximate surface area is 294 Å². The summed E-state index contributed by atoms with van der Waals surface area (Å²) in [6, 6.07) is 24.8. The second-order valence-electron chi connectivity index (χ2n) is 11.9. The van der Waals surface area contributed by atoms with Crippen LogP contribution >= 0.6 is 0 Å². The Balaban J connectivity index is 1.16. The number of anilines is 2. The van der Waals surface area contributed by atoms with Crippen LogP contribution in [0.1, 0.15) is 10.4 Å². The summed E-state index contributed by atoms with van der Waals surface area (Å²) < 4.78 is 30.8. The molecule has 0 bridgehead atoms. The maximum atomic E-state index is 13.5. The Kier molecular flexibility index (Phi) is 7.87. The number of halogens is 1. The Bertz CT molecular complexity index is 2660. The third-order valence-electron chi connectivity index (χ3n) is 8.25. The van der Waals surface area contributed by atoms with Crippen LogP contribution in [0.25, 0.3) is 50.8 Å². The number of carbonyl (C=O) groups is 1. The molecule has 5 heterocycles. The van der Waals surface area contributed by atoms with E-state index in [-0.39, 0.29) is 23.0 Å². The molecule has 0 aliphatic rings. The first-order chi connectivity index (χ1) is 25.2. The third kappa shape index (κ3) is 5.94. The highest BCUT2D eigenvalue weighted by atomic mass is 19.1. The molecule has 13 nitrogen and oxygen atoms in total. The molecule has 256 valence electrons. The molecule has 3 N–H and O–H groups in total. The zero-order chi connectivity index (χ0) is 35.9. The van der Waals surface area contributed by atoms with Crippen LogP contribution in [0.4, 0.5) is 15.8 Å². The molecule has 5 aromatic heterocycles. The van der Waals surface area contributed by atoms with Crippen molar-refractivity contribution in [1.29, 1.82) is 0 Å². The molecule has 0 saturated heterocycles. The van der Waals surface area contributed by atoms with Crippen molar-refractivity contribution in [2.75, 3.05) is 11.1 Å². The Morgan fingerprint density at radius 3 is 2.44 bits per heavy atom. The van der Waals surface area contributed by atoms with Gasteiger partial charge >= 0.3 is 0 Å². The van der Waals surface area contributed by atoms with Gasteiger partial charge in [-0.2, -0.15) is 15.1 Å². The van der Waals surface area contributed by atoms with Gasteiger partial charge in [-0.05, 0) is 78.4 Å². The SMILES string of the molecule is Cn1cc(-c2oc3nc(-c4ccccn4)nc(Oc4ccc(NC(=O)c5cn(C)n(-c6ccc(F)cc6)c5=O)cc4)c3c2-c2cccc(N)c2)cn1. The molecule has 14 heteroatoms. The van der Waals surface area contributed by atoms with Gasteiger partial charge in [0.15, 0.2) is 5.82 Å². The Morgan fingerprint density at radius 2 is 1.73 bits per heavy atom. The number of hydrogen-bond acceptors (Lipinski definition) is 9. The van der Waals surface area contributed by atoms with Gasteiger partial charge in [-0.1, -0.05) is 18.2 Å². The van der Waals surface area contributed by atoms with Crippen LogP contribution in [0.3, 0.4) is 0 Å². The van der Waals surface area contributed by atoms with E-state index in [9.17, 15) is 14.0 Å². The van der Waals surface area contributed by atoms with Gasteiger partial charge in [0.2, 0.25) is 11.6 Å². The van der Waals surface area contributed by atoms with Gasteiger partial charge in [-0.25, -0.2) is 9.07 Å². The lowest BCUT2D eigenvalue weighted by molar-refractivity contribution is 0.102. The third-order valence-corrected chi connectivity index (χ3v) is 8.25. The standard InChI is InChI=1S/C38H28FN9O4/c1-46-20-23(19-42-46)33-31(22-6-5-7-25(40)18-22)32-36(44-34(45-37(32)52-33)30-8-3-4-17-41-30)51-28-15-11-26(12-16-28)43-35(49)29-21-47(2)48(38(29)50)27-13-9-24(39)10-14-27/h3-21H,40H2,1-2H3,(H,43,49). The zero-order valence-electron chi connectivity index (χ0n) is 27.7. The number of furan rings is 1. The molecule has 0 saturated carbocycles. The maximum Gasteiger partial charge on any atom is 0.284 e. The van der Waals surface area contributed by atoms with Gasteiger partial charge in [0.25, 0.3) is 11.5 Å². The fourth-order valence-electron chi connectivity index (χ4n) is 5.88. The van der Waals surface area contributed by atoms with Gasteiger partial charge in [-0.15, -0.1) is 0 Å². The molecule has 1 amide bonds. The molecule has 0 radical (unpaired) electrons. The number of ether oxygens (including phenoxy) is 1. The second kappa shape index (κ2) is 12.8. The summed E-state index contributed by atoms with van der Waals surface area (Å²) in [5.74, 6) is 0.335. The first-order valence-electron chi connectivity index (χ1n) is 16.0. The molecule has 8 aromatic rings. The summed E-state index contributed by atoms with van der Waals surface area (Å²) in [5.41, 5.74) is 9.88. The van der Waals surface area contributed by atoms with Gasteiger partial charge in [0, 0.05) is 49.6 Å². The largest absolute Gasteiger partial charge is 0.438 e. The predicted molar refractivity (Wildman–Crippen MR) is 193 cm³/mol. The Morgan fingerprint density at radius 1 is 0.923 bits per heavy atom. The molecular weight excluding hydrogens is 665 g/mol. The van der Waals surface area contributed by atoms with Crippen molar-refractivity contribution in [1.82, 2.24) is 34.1 Å². The van der Waals surface area contributed by atoms with Gasteiger partial charge < -0.3 is 20.2 Å². The van der Waals surface area contributed by atoms with Crippen molar-refractivity contribution in [3.63, 3.8) is 0 Å². The minimum Gasteiger partial charge on any atom is -0.438 e. The highest BCUT2D eigenvalue weighted by Gasteiger charge is 2.26. The predicted octanol–water partition coefficient (Wildman–Crippen LogP) is 6.61. The summed E-state index contributed by atoms with van der Waals surface area (Å²) >= 11 is 0. The lowest BCUT2D eigenvalue weighted by atomic mass is 10.0. The number of nitrogens with one attached hydrogen (secondary N) is 1. The van der Waals surface area contributed by atoms with Crippen molar-refractivity contribution < 1.29 is 18.3 Å². The van der Waals surface area contributed by atoms with E-state index in [1.807, 2.05) is 37.5 Å². The average Bonchev–Trinajstić information content (AvgIpc) is 3.84. The molecule has 52 heavy (non-hydrogen) atoms. The van der Waals surface area contributed by atoms with Crippen molar-refractivity contribution >= 4 is 28.4 Å². The van der Waals surface area contributed by atoms with Crippen LogP contribution in [0.15, 0.2) is 125 Å². The number of carbonyl (C=O) groups excluding carboxylic acids is 1. The van der Waals surface area contributed by atoms with Crippen molar-refractivity contribution in [2.45, 2.75) is 0 Å². The lowest BCUT2D eigenvalue weighted by Gasteiger charge is -2.10. The van der Waals surface area contributed by atoms with Crippen LogP contribution in [-0.4, -0.2) is 40.0 Å². The zero-order valence-corrected chi connectivity index (χ0v) is 27.7. The number of nitrogen functional groups attached to an aromatic ring is 1. The molecule has 0 fully saturated rings. The molecule has 8 rings (SSSR count). The maximum absolute atomic E-state index is 13.5. The summed E-state index contributed by atoms with van der Waals surface area (Å²) in [4.78, 5) is 40.4. The highest BCUT2D eigenvalue weighted by Crippen LogP contribution is 2.45. The molecule has 0 atom stereocenters. The number of benzene rings is 3. The molecule has 0 aliphatic heterocycles. The molecular formula is C38H28FN9O4. The number of hydrogen-bond donors (Lipinski definition) is 2. The van der Waals surface area contributed by atoms with Crippen LogP contribution in [-0.2, 0) is 14.1 Å². The second-order valence-corrected chi connectivity index (χ2v) is 11.9. The molecule has 0 spiro atoms. The van der Waals surface area contributed by atoms with Crippen LogP contribution in [0, 0.1) is 5.82 Å². The van der Waals surface area contributed by atoms with E-state index in [2.05, 4.69) is 15.4 Å². The average molecular weight is 694 g/mol. The summed E-state index contributed by atoms with van der Waals surface area (Å²) in [5, 5.41) is 7.60. The van der Waals surface area contributed by atoms with E-state index < -0.39 is 17.3 Å². The highest BCUT2D eigenvalue weighted by molar-refractivity contribution is 6.05. The van der Waals surface area contributed by atoms with E-state index in [0.29, 0.717) is 50.8 Å². The van der Waals surface area contributed by atoms with Gasteiger partial charge in [0.05, 0.1) is 17.4 Å². The van der Waals surface area contributed by atoms with E-state index in [4.69, 9.17) is 24.9 Å². The monoisotopic (exact) mass is 693 g/mol. The topological polar surface area (TPSA) is 161 Å². The minimum atomic E-state index is -0.610. The van der Waals surface area contributed by atoms with Gasteiger partial charge in [0.1, 0.15) is 34.0 Å². The summed E-state index contributed by atoms with van der Waals surface area (Å²) in [6.45, 7) is 0. The number of rotatable bonds is 8. The number of aryl methyl sites for hydroxylation is 2. The first-order valence-corrected chi connectivity index (χ1v) is 16.0. The van der Waals surface area contributed by atoms with Crippen LogP contribution in [0.5, 0.6) is 11.6 Å². The van der Waals surface area contributed by atoms with Crippen molar-refractivity contribution in [3.05, 3.63) is 138 Å². The van der Waals surface area contributed by atoms with E-state index in [0.717, 1.165) is 5.56 Å². The quantitative estimate of drug-likeness (QED) is 0.167.